The van der Waals surface area contributed by atoms with Crippen LogP contribution in [0.3, 0.4) is 0 Å². The van der Waals surface area contributed by atoms with E-state index in [-0.39, 0.29) is 5.82 Å². The molecule has 0 unspecified atom stereocenters. The number of nitrogens with two attached hydrogens (primary N) is 1. The highest BCUT2D eigenvalue weighted by molar-refractivity contribution is 5.81. The number of rotatable bonds is 6. The van der Waals surface area contributed by atoms with Crippen LogP contribution in [0, 0.1) is 11.7 Å². The van der Waals surface area contributed by atoms with Crippen molar-refractivity contribution in [3.63, 3.8) is 0 Å². The van der Waals surface area contributed by atoms with Crippen LogP contribution in [0.4, 0.5) is 4.39 Å². The number of carbonyl (C=O) groups excluding carboxylic acids is 1. The number of amides is 1. The van der Waals surface area contributed by atoms with Gasteiger partial charge in [-0.15, -0.1) is 0 Å². The molecule has 4 nitrogen and oxygen atoms in total. The number of primary amides is 1. The largest absolute Gasteiger partial charge is 0.464 e. The van der Waals surface area contributed by atoms with Gasteiger partial charge in [0.1, 0.15) is 23.4 Å². The second kappa shape index (κ2) is 5.93. The van der Waals surface area contributed by atoms with Crippen molar-refractivity contribution in [3.05, 3.63) is 59.3 Å². The summed E-state index contributed by atoms with van der Waals surface area (Å²) < 4.78 is 18.8. The molecule has 0 aliphatic heterocycles. The average Bonchev–Trinajstić information content (AvgIpc) is 3.03. The van der Waals surface area contributed by atoms with Crippen LogP contribution < -0.4 is 11.1 Å². The van der Waals surface area contributed by atoms with Gasteiger partial charge in [0.25, 0.3) is 0 Å². The highest BCUT2D eigenvalue weighted by Gasteiger charge is 2.36. The number of halogens is 1. The Hall–Kier alpha value is -2.14. The molecule has 0 spiro atoms. The minimum absolute atomic E-state index is 0.346. The van der Waals surface area contributed by atoms with Crippen molar-refractivity contribution in [1.29, 1.82) is 0 Å². The first-order valence-corrected chi connectivity index (χ1v) is 7.41. The van der Waals surface area contributed by atoms with Crippen molar-refractivity contribution in [2.24, 2.45) is 11.7 Å². The van der Waals surface area contributed by atoms with Crippen molar-refractivity contribution >= 4 is 5.91 Å². The number of nitrogens with one attached hydrogen (secondary N) is 1. The molecule has 3 N–H and O–H groups in total. The number of hydrogen-bond acceptors (Lipinski definition) is 3. The van der Waals surface area contributed by atoms with Gasteiger partial charge in [0.2, 0.25) is 5.91 Å². The van der Waals surface area contributed by atoms with Crippen LogP contribution in [0.5, 0.6) is 0 Å². The van der Waals surface area contributed by atoms with Gasteiger partial charge >= 0.3 is 0 Å². The van der Waals surface area contributed by atoms with Crippen LogP contribution in [0.2, 0.25) is 0 Å². The van der Waals surface area contributed by atoms with Gasteiger partial charge in [-0.05, 0) is 42.2 Å². The Balaban J connectivity index is 1.65. The molecule has 1 fully saturated rings. The summed E-state index contributed by atoms with van der Waals surface area (Å²) in [6, 6.07) is 8.96. The summed E-state index contributed by atoms with van der Waals surface area (Å²) in [5.41, 5.74) is 6.06. The number of furan rings is 1. The summed E-state index contributed by atoms with van der Waals surface area (Å²) in [6.07, 6.45) is 1.17. The third-order valence-corrected chi connectivity index (χ3v) is 4.13. The molecule has 5 heteroatoms. The van der Waals surface area contributed by atoms with Gasteiger partial charge in [-0.2, -0.15) is 0 Å². The smallest absolute Gasteiger partial charge is 0.239 e. The molecule has 0 radical (unpaired) electrons. The quantitative estimate of drug-likeness (QED) is 0.862. The number of hydrogen-bond donors (Lipinski definition) is 2. The van der Waals surface area contributed by atoms with Crippen molar-refractivity contribution in [2.45, 2.75) is 31.8 Å². The topological polar surface area (TPSA) is 68.3 Å². The summed E-state index contributed by atoms with van der Waals surface area (Å²) >= 11 is 0. The lowest BCUT2D eigenvalue weighted by Crippen LogP contribution is -2.33. The lowest BCUT2D eigenvalue weighted by Gasteiger charge is -2.15. The maximum atomic E-state index is 13.0. The third-order valence-electron chi connectivity index (χ3n) is 4.13. The molecule has 1 aliphatic carbocycles. The maximum absolute atomic E-state index is 13.0. The van der Waals surface area contributed by atoms with Crippen LogP contribution in [-0.4, -0.2) is 5.91 Å². The predicted molar refractivity (Wildman–Crippen MR) is 80.4 cm³/mol. The normalized spacial score (nSPS) is 21.5. The monoisotopic (exact) mass is 302 g/mol. The summed E-state index contributed by atoms with van der Waals surface area (Å²) in [5.74, 6) is 2.13. The zero-order chi connectivity index (χ0) is 15.7. The van der Waals surface area contributed by atoms with E-state index in [1.807, 2.05) is 12.1 Å². The zero-order valence-corrected chi connectivity index (χ0v) is 12.4. The van der Waals surface area contributed by atoms with Gasteiger partial charge in [0.05, 0.1) is 6.54 Å². The molecular formula is C17H19FN2O2. The first-order valence-electron chi connectivity index (χ1n) is 7.41. The van der Waals surface area contributed by atoms with E-state index in [0.29, 0.717) is 23.9 Å². The van der Waals surface area contributed by atoms with Crippen LogP contribution in [0.25, 0.3) is 0 Å². The van der Waals surface area contributed by atoms with E-state index in [9.17, 15) is 9.18 Å². The first-order chi connectivity index (χ1) is 10.5. The fraction of sp³-hybridized carbons (Fsp3) is 0.353. The van der Waals surface area contributed by atoms with Crippen LogP contribution >= 0.6 is 0 Å². The SMILES string of the molecule is C[C@@H]1C[C@@H]1c1ccc(CN[C@H](C(N)=O)c2ccc(F)cc2)o1. The molecule has 22 heavy (non-hydrogen) atoms. The van der Waals surface area contributed by atoms with Crippen LogP contribution in [-0.2, 0) is 11.3 Å². The van der Waals surface area contributed by atoms with Gasteiger partial charge in [0, 0.05) is 5.92 Å². The summed E-state index contributed by atoms with van der Waals surface area (Å²) in [5, 5.41) is 3.06. The minimum Gasteiger partial charge on any atom is -0.464 e. The number of carbonyl (C=O) groups is 1. The molecule has 1 amide bonds. The van der Waals surface area contributed by atoms with E-state index in [0.717, 1.165) is 11.5 Å². The standard InChI is InChI=1S/C17H19FN2O2/c1-10-8-14(10)15-7-6-13(22-15)9-20-16(17(19)21)11-2-4-12(18)5-3-11/h2-7,10,14,16,20H,8-9H2,1H3,(H2,19,21)/t10-,14+,16+/m1/s1. The fourth-order valence-electron chi connectivity index (χ4n) is 2.65. The van der Waals surface area contributed by atoms with Crippen molar-refractivity contribution < 1.29 is 13.6 Å². The van der Waals surface area contributed by atoms with E-state index < -0.39 is 11.9 Å². The minimum atomic E-state index is -0.672. The maximum Gasteiger partial charge on any atom is 0.239 e. The van der Waals surface area contributed by atoms with Crippen molar-refractivity contribution in [2.75, 3.05) is 0 Å². The van der Waals surface area contributed by atoms with E-state index in [1.165, 1.54) is 18.6 Å². The Bertz CT molecular complexity index is 666. The molecule has 1 aromatic heterocycles. The molecule has 116 valence electrons. The summed E-state index contributed by atoms with van der Waals surface area (Å²) in [4.78, 5) is 11.6. The zero-order valence-electron chi connectivity index (χ0n) is 12.4. The Morgan fingerprint density at radius 1 is 1.36 bits per heavy atom. The average molecular weight is 302 g/mol. The van der Waals surface area contributed by atoms with Crippen LogP contribution in [0.1, 0.15) is 42.4 Å². The molecule has 1 aromatic carbocycles. The van der Waals surface area contributed by atoms with Crippen molar-refractivity contribution in [3.8, 4) is 0 Å². The Morgan fingerprint density at radius 3 is 2.64 bits per heavy atom. The Morgan fingerprint density at radius 2 is 2.05 bits per heavy atom. The number of benzene rings is 1. The lowest BCUT2D eigenvalue weighted by molar-refractivity contribution is -0.120. The second-order valence-electron chi connectivity index (χ2n) is 5.89. The molecule has 0 bridgehead atoms. The highest BCUT2D eigenvalue weighted by Crippen LogP contribution is 2.47. The molecule has 3 atom stereocenters. The summed E-state index contributed by atoms with van der Waals surface area (Å²) in [6.45, 7) is 2.59. The molecular weight excluding hydrogens is 283 g/mol. The lowest BCUT2D eigenvalue weighted by atomic mass is 10.1. The van der Waals surface area contributed by atoms with Crippen molar-refractivity contribution in [1.82, 2.24) is 5.32 Å². The molecule has 2 aromatic rings. The Kier molecular flexibility index (Phi) is 3.98. The second-order valence-corrected chi connectivity index (χ2v) is 5.89. The van der Waals surface area contributed by atoms with Gasteiger partial charge in [-0.3, -0.25) is 10.1 Å². The van der Waals surface area contributed by atoms with E-state index in [1.54, 1.807) is 12.1 Å². The molecule has 1 heterocycles. The van der Waals surface area contributed by atoms with Crippen LogP contribution in [0.15, 0.2) is 40.8 Å². The fourth-order valence-corrected chi connectivity index (χ4v) is 2.65. The molecule has 0 saturated heterocycles. The van der Waals surface area contributed by atoms with Gasteiger partial charge in [-0.25, -0.2) is 4.39 Å². The summed E-state index contributed by atoms with van der Waals surface area (Å²) in [7, 11) is 0. The van der Waals surface area contributed by atoms with Gasteiger partial charge in [0.15, 0.2) is 0 Å². The molecule has 1 aliphatic rings. The van der Waals surface area contributed by atoms with E-state index >= 15 is 0 Å². The van der Waals surface area contributed by atoms with E-state index in [2.05, 4.69) is 12.2 Å². The van der Waals surface area contributed by atoms with Gasteiger partial charge < -0.3 is 10.2 Å². The first kappa shape index (κ1) is 14.8. The highest BCUT2D eigenvalue weighted by atomic mass is 19.1. The third kappa shape index (κ3) is 3.20. The van der Waals surface area contributed by atoms with E-state index in [4.69, 9.17) is 10.2 Å². The Labute approximate surface area is 128 Å². The molecule has 1 saturated carbocycles. The molecule has 3 rings (SSSR count). The van der Waals surface area contributed by atoms with Gasteiger partial charge in [-0.1, -0.05) is 19.1 Å². The predicted octanol–water partition coefficient (Wildman–Crippen LogP) is 2.86.